The molecule has 1 aromatic rings. The summed E-state index contributed by atoms with van der Waals surface area (Å²) in [6, 6.07) is 9.18. The van der Waals surface area contributed by atoms with Crippen molar-refractivity contribution in [2.24, 2.45) is 0 Å². The van der Waals surface area contributed by atoms with Gasteiger partial charge in [-0.2, -0.15) is 0 Å². The van der Waals surface area contributed by atoms with Crippen molar-refractivity contribution in [3.63, 3.8) is 0 Å². The van der Waals surface area contributed by atoms with Crippen LogP contribution in [0.4, 0.5) is 0 Å². The summed E-state index contributed by atoms with van der Waals surface area (Å²) < 4.78 is 0. The Balaban J connectivity index is 2.87. The van der Waals surface area contributed by atoms with Crippen LogP contribution in [-0.4, -0.2) is 11.1 Å². The number of carbonyl (C=O) groups is 1. The maximum atomic E-state index is 10.9. The molecule has 14 heavy (non-hydrogen) atoms. The molecule has 1 atom stereocenters. The topological polar surface area (TPSA) is 37.3 Å². The predicted octanol–water partition coefficient (Wildman–Crippen LogP) is 2.27. The van der Waals surface area contributed by atoms with Crippen molar-refractivity contribution in [1.82, 2.24) is 0 Å². The highest BCUT2D eigenvalue weighted by Crippen LogP contribution is 2.18. The molecule has 1 unspecified atom stereocenters. The fourth-order valence-electron chi connectivity index (χ4n) is 1.24. The van der Waals surface area contributed by atoms with E-state index >= 15 is 0 Å². The molecule has 0 spiro atoms. The third kappa shape index (κ3) is 2.63. The standard InChI is InChI=1S/C12H12O2/c1-2-3-9-11(12(13)14)10-7-5-4-6-8-10/h4-8,11H,9H2,1H3,(H,13,14). The molecule has 0 aromatic heterocycles. The van der Waals surface area contributed by atoms with Crippen LogP contribution in [0, 0.1) is 11.8 Å². The Morgan fingerprint density at radius 3 is 2.57 bits per heavy atom. The second-order valence-electron chi connectivity index (χ2n) is 2.93. The highest BCUT2D eigenvalue weighted by atomic mass is 16.4. The number of carboxylic acid groups (broad SMARTS) is 1. The molecule has 1 N–H and O–H groups in total. The first-order chi connectivity index (χ1) is 6.75. The molecule has 0 aliphatic heterocycles. The van der Waals surface area contributed by atoms with E-state index in [-0.39, 0.29) is 0 Å². The van der Waals surface area contributed by atoms with E-state index in [9.17, 15) is 4.79 Å². The van der Waals surface area contributed by atoms with E-state index in [2.05, 4.69) is 11.8 Å². The van der Waals surface area contributed by atoms with Gasteiger partial charge in [-0.3, -0.25) is 4.79 Å². The summed E-state index contributed by atoms with van der Waals surface area (Å²) in [6.07, 6.45) is 0.371. The third-order valence-corrected chi connectivity index (χ3v) is 1.98. The van der Waals surface area contributed by atoms with Crippen LogP contribution in [0.2, 0.25) is 0 Å². The van der Waals surface area contributed by atoms with E-state index in [1.165, 1.54) is 0 Å². The monoisotopic (exact) mass is 188 g/mol. The van der Waals surface area contributed by atoms with E-state index in [0.29, 0.717) is 6.42 Å². The Labute approximate surface area is 83.6 Å². The van der Waals surface area contributed by atoms with Crippen LogP contribution < -0.4 is 0 Å². The van der Waals surface area contributed by atoms with Gasteiger partial charge in [-0.1, -0.05) is 30.3 Å². The Morgan fingerprint density at radius 2 is 2.07 bits per heavy atom. The number of benzene rings is 1. The molecule has 0 radical (unpaired) electrons. The van der Waals surface area contributed by atoms with Crippen LogP contribution in [0.3, 0.4) is 0 Å². The Morgan fingerprint density at radius 1 is 1.43 bits per heavy atom. The minimum atomic E-state index is -0.820. The normalized spacial score (nSPS) is 11.2. The molecule has 1 rings (SSSR count). The van der Waals surface area contributed by atoms with Gasteiger partial charge in [-0.15, -0.1) is 11.8 Å². The van der Waals surface area contributed by atoms with Crippen molar-refractivity contribution in [3.8, 4) is 11.8 Å². The number of hydrogen-bond acceptors (Lipinski definition) is 1. The van der Waals surface area contributed by atoms with Gasteiger partial charge in [-0.25, -0.2) is 0 Å². The zero-order valence-corrected chi connectivity index (χ0v) is 8.03. The van der Waals surface area contributed by atoms with Crippen molar-refractivity contribution >= 4 is 5.97 Å². The molecular weight excluding hydrogens is 176 g/mol. The lowest BCUT2D eigenvalue weighted by atomic mass is 9.96. The van der Waals surface area contributed by atoms with Crippen LogP contribution >= 0.6 is 0 Å². The van der Waals surface area contributed by atoms with Crippen LogP contribution in [0.25, 0.3) is 0 Å². The lowest BCUT2D eigenvalue weighted by Gasteiger charge is -2.08. The lowest BCUT2D eigenvalue weighted by Crippen LogP contribution is -2.10. The number of hydrogen-bond donors (Lipinski definition) is 1. The summed E-state index contributed by atoms with van der Waals surface area (Å²) in [4.78, 5) is 10.9. The highest BCUT2D eigenvalue weighted by Gasteiger charge is 2.17. The van der Waals surface area contributed by atoms with Crippen LogP contribution in [-0.2, 0) is 4.79 Å². The quantitative estimate of drug-likeness (QED) is 0.739. The Kier molecular flexibility index (Phi) is 3.75. The van der Waals surface area contributed by atoms with Gasteiger partial charge in [0.1, 0.15) is 0 Å². The minimum absolute atomic E-state index is 0.371. The summed E-state index contributed by atoms with van der Waals surface area (Å²) in [5.74, 6) is 4.18. The lowest BCUT2D eigenvalue weighted by molar-refractivity contribution is -0.138. The fraction of sp³-hybridized carbons (Fsp3) is 0.250. The second kappa shape index (κ2) is 5.08. The molecular formula is C12H12O2. The van der Waals surface area contributed by atoms with E-state index in [1.54, 1.807) is 6.92 Å². The molecule has 0 saturated carbocycles. The van der Waals surface area contributed by atoms with Gasteiger partial charge in [0.25, 0.3) is 0 Å². The molecule has 0 heterocycles. The summed E-state index contributed by atoms with van der Waals surface area (Å²) in [5.41, 5.74) is 0.808. The number of rotatable bonds is 3. The van der Waals surface area contributed by atoms with Crippen LogP contribution in [0.1, 0.15) is 24.8 Å². The van der Waals surface area contributed by atoms with Gasteiger partial charge in [0.05, 0.1) is 5.92 Å². The van der Waals surface area contributed by atoms with Gasteiger partial charge >= 0.3 is 5.97 Å². The van der Waals surface area contributed by atoms with Crippen LogP contribution in [0.15, 0.2) is 30.3 Å². The number of carboxylic acids is 1. The number of aliphatic carboxylic acids is 1. The zero-order valence-electron chi connectivity index (χ0n) is 8.03. The summed E-state index contributed by atoms with van der Waals surface area (Å²) in [6.45, 7) is 1.71. The SMILES string of the molecule is CC#CCC(C(=O)O)c1ccccc1. The Hall–Kier alpha value is -1.75. The predicted molar refractivity (Wildman–Crippen MR) is 54.9 cm³/mol. The average molecular weight is 188 g/mol. The first-order valence-corrected chi connectivity index (χ1v) is 4.43. The molecule has 72 valence electrons. The highest BCUT2D eigenvalue weighted by molar-refractivity contribution is 5.76. The molecule has 2 nitrogen and oxygen atoms in total. The van der Waals surface area contributed by atoms with Gasteiger partial charge in [0.2, 0.25) is 0 Å². The zero-order chi connectivity index (χ0) is 10.4. The minimum Gasteiger partial charge on any atom is -0.481 e. The van der Waals surface area contributed by atoms with Gasteiger partial charge in [0, 0.05) is 6.42 Å². The smallest absolute Gasteiger partial charge is 0.311 e. The van der Waals surface area contributed by atoms with Crippen LogP contribution in [0.5, 0.6) is 0 Å². The molecule has 0 amide bonds. The van der Waals surface area contributed by atoms with Crippen molar-refractivity contribution in [1.29, 1.82) is 0 Å². The largest absolute Gasteiger partial charge is 0.481 e. The average Bonchev–Trinajstić information content (AvgIpc) is 2.19. The molecule has 2 heteroatoms. The van der Waals surface area contributed by atoms with Crippen molar-refractivity contribution < 1.29 is 9.90 Å². The molecule has 0 aliphatic carbocycles. The van der Waals surface area contributed by atoms with E-state index in [1.807, 2.05) is 30.3 Å². The molecule has 0 fully saturated rings. The van der Waals surface area contributed by atoms with E-state index in [4.69, 9.17) is 5.11 Å². The van der Waals surface area contributed by atoms with E-state index in [0.717, 1.165) is 5.56 Å². The fourth-order valence-corrected chi connectivity index (χ4v) is 1.24. The molecule has 0 saturated heterocycles. The maximum Gasteiger partial charge on any atom is 0.311 e. The van der Waals surface area contributed by atoms with Crippen molar-refractivity contribution in [2.45, 2.75) is 19.3 Å². The molecule has 1 aromatic carbocycles. The third-order valence-electron chi connectivity index (χ3n) is 1.98. The summed E-state index contributed by atoms with van der Waals surface area (Å²) >= 11 is 0. The maximum absolute atomic E-state index is 10.9. The molecule has 0 bridgehead atoms. The summed E-state index contributed by atoms with van der Waals surface area (Å²) in [5, 5.41) is 8.99. The van der Waals surface area contributed by atoms with Crippen molar-refractivity contribution in [3.05, 3.63) is 35.9 Å². The van der Waals surface area contributed by atoms with Gasteiger partial charge < -0.3 is 5.11 Å². The molecule has 0 aliphatic rings. The first-order valence-electron chi connectivity index (χ1n) is 4.43. The van der Waals surface area contributed by atoms with Gasteiger partial charge in [-0.05, 0) is 12.5 Å². The first kappa shape index (κ1) is 10.3. The Bertz CT molecular complexity index is 357. The van der Waals surface area contributed by atoms with Crippen molar-refractivity contribution in [2.75, 3.05) is 0 Å². The van der Waals surface area contributed by atoms with Gasteiger partial charge in [0.15, 0.2) is 0 Å². The van der Waals surface area contributed by atoms with E-state index < -0.39 is 11.9 Å². The second-order valence-corrected chi connectivity index (χ2v) is 2.93. The summed E-state index contributed by atoms with van der Waals surface area (Å²) in [7, 11) is 0.